The molecule has 0 saturated carbocycles. The Labute approximate surface area is 109 Å². The lowest BCUT2D eigenvalue weighted by Crippen LogP contribution is -2.28. The second-order valence-electron chi connectivity index (χ2n) is 4.20. The zero-order chi connectivity index (χ0) is 13.8. The van der Waals surface area contributed by atoms with Crippen molar-refractivity contribution in [3.63, 3.8) is 0 Å². The second-order valence-corrected chi connectivity index (χ2v) is 4.20. The molecule has 0 unspecified atom stereocenters. The van der Waals surface area contributed by atoms with Crippen LogP contribution in [-0.2, 0) is 6.54 Å². The summed E-state index contributed by atoms with van der Waals surface area (Å²) in [6, 6.07) is 3.43. The third-order valence-corrected chi connectivity index (χ3v) is 2.59. The molecule has 0 spiro atoms. The maximum atomic E-state index is 13.4. The molecule has 0 atom stereocenters. The van der Waals surface area contributed by atoms with Crippen molar-refractivity contribution in [1.82, 2.24) is 15.1 Å². The number of aromatic nitrogens is 2. The molecule has 0 aliphatic heterocycles. The molecule has 0 saturated heterocycles. The number of amides is 1. The number of halogens is 1. The van der Waals surface area contributed by atoms with Crippen LogP contribution in [0, 0.1) is 12.7 Å². The highest BCUT2D eigenvalue weighted by molar-refractivity contribution is 5.94. The summed E-state index contributed by atoms with van der Waals surface area (Å²) >= 11 is 0. The fourth-order valence-electron chi connectivity index (χ4n) is 1.66. The third kappa shape index (κ3) is 3.31. The van der Waals surface area contributed by atoms with Crippen LogP contribution in [0.25, 0.3) is 0 Å². The van der Waals surface area contributed by atoms with Gasteiger partial charge in [-0.3, -0.25) is 9.48 Å². The van der Waals surface area contributed by atoms with Gasteiger partial charge in [-0.1, -0.05) is 0 Å². The number of carbonyl (C=O) groups excluding carboxylic acids is 1. The summed E-state index contributed by atoms with van der Waals surface area (Å²) in [4.78, 5) is 11.7. The van der Waals surface area contributed by atoms with Crippen LogP contribution in [0.4, 0.5) is 4.39 Å². The van der Waals surface area contributed by atoms with Gasteiger partial charge in [-0.2, -0.15) is 5.10 Å². The smallest absolute Gasteiger partial charge is 0.254 e. The molecule has 0 aliphatic carbocycles. The van der Waals surface area contributed by atoms with Crippen LogP contribution in [0.15, 0.2) is 30.6 Å². The molecule has 2 aromatic rings. The molecule has 0 aliphatic rings. The largest absolute Gasteiger partial charge is 0.508 e. The molecule has 1 aromatic heterocycles. The Morgan fingerprint density at radius 2 is 2.32 bits per heavy atom. The van der Waals surface area contributed by atoms with E-state index in [0.717, 1.165) is 11.6 Å². The number of aromatic hydroxyl groups is 1. The molecule has 0 fully saturated rings. The summed E-state index contributed by atoms with van der Waals surface area (Å²) < 4.78 is 15.1. The van der Waals surface area contributed by atoms with Crippen molar-refractivity contribution in [3.8, 4) is 5.75 Å². The number of rotatable bonds is 4. The minimum atomic E-state index is -0.743. The normalized spacial score (nSPS) is 10.4. The molecule has 0 bridgehead atoms. The molecule has 6 heteroatoms. The Balaban J connectivity index is 1.90. The number of phenolic OH excluding ortho intramolecular Hbond substituents is 1. The lowest BCUT2D eigenvalue weighted by Gasteiger charge is -2.06. The number of phenols is 1. The fourth-order valence-corrected chi connectivity index (χ4v) is 1.66. The Kier molecular flexibility index (Phi) is 3.79. The van der Waals surface area contributed by atoms with Gasteiger partial charge in [0.1, 0.15) is 11.6 Å². The zero-order valence-corrected chi connectivity index (χ0v) is 10.4. The molecule has 2 rings (SSSR count). The first kappa shape index (κ1) is 13.1. The average Bonchev–Trinajstić information content (AvgIpc) is 2.75. The summed E-state index contributed by atoms with van der Waals surface area (Å²) in [5, 5.41) is 15.7. The van der Waals surface area contributed by atoms with Gasteiger partial charge in [0.25, 0.3) is 5.91 Å². The Morgan fingerprint density at radius 1 is 1.53 bits per heavy atom. The predicted octanol–water partition coefficient (Wildman–Crippen LogP) is 1.47. The number of benzene rings is 1. The van der Waals surface area contributed by atoms with Gasteiger partial charge in [-0.25, -0.2) is 4.39 Å². The Morgan fingerprint density at radius 3 is 2.95 bits per heavy atom. The van der Waals surface area contributed by atoms with Crippen LogP contribution in [0.1, 0.15) is 15.9 Å². The lowest BCUT2D eigenvalue weighted by atomic mass is 10.2. The SMILES string of the molecule is Cc1cnn(CCNC(=O)c2ccc(O)cc2F)c1. The van der Waals surface area contributed by atoms with Crippen molar-refractivity contribution in [2.75, 3.05) is 6.54 Å². The van der Waals surface area contributed by atoms with E-state index in [2.05, 4.69) is 10.4 Å². The molecular formula is C13H14FN3O2. The highest BCUT2D eigenvalue weighted by Crippen LogP contribution is 2.14. The number of hydrogen-bond acceptors (Lipinski definition) is 3. The van der Waals surface area contributed by atoms with E-state index in [-0.39, 0.29) is 11.3 Å². The van der Waals surface area contributed by atoms with E-state index in [1.54, 1.807) is 10.9 Å². The van der Waals surface area contributed by atoms with Crippen molar-refractivity contribution in [2.45, 2.75) is 13.5 Å². The molecule has 5 nitrogen and oxygen atoms in total. The van der Waals surface area contributed by atoms with Crippen LogP contribution < -0.4 is 5.32 Å². The van der Waals surface area contributed by atoms with Crippen LogP contribution in [0.5, 0.6) is 5.75 Å². The average molecular weight is 263 g/mol. The number of hydrogen-bond donors (Lipinski definition) is 2. The quantitative estimate of drug-likeness (QED) is 0.877. The predicted molar refractivity (Wildman–Crippen MR) is 67.4 cm³/mol. The van der Waals surface area contributed by atoms with Crippen LogP contribution in [0.2, 0.25) is 0 Å². The van der Waals surface area contributed by atoms with Gasteiger partial charge >= 0.3 is 0 Å². The highest BCUT2D eigenvalue weighted by atomic mass is 19.1. The Hall–Kier alpha value is -2.37. The Bertz CT molecular complexity index is 595. The second kappa shape index (κ2) is 5.51. The van der Waals surface area contributed by atoms with Crippen LogP contribution in [-0.4, -0.2) is 27.3 Å². The maximum absolute atomic E-state index is 13.4. The van der Waals surface area contributed by atoms with E-state index in [1.807, 2.05) is 13.1 Å². The number of carbonyl (C=O) groups is 1. The maximum Gasteiger partial charge on any atom is 0.254 e. The molecule has 2 N–H and O–H groups in total. The monoisotopic (exact) mass is 263 g/mol. The summed E-state index contributed by atoms with van der Waals surface area (Å²) in [5.74, 6) is -1.46. The first-order valence-electron chi connectivity index (χ1n) is 5.82. The first-order chi connectivity index (χ1) is 9.06. The van der Waals surface area contributed by atoms with Gasteiger partial charge in [0.05, 0.1) is 18.3 Å². The van der Waals surface area contributed by atoms with Crippen molar-refractivity contribution < 1.29 is 14.3 Å². The van der Waals surface area contributed by atoms with Gasteiger partial charge in [-0.15, -0.1) is 0 Å². The number of nitrogens with one attached hydrogen (secondary N) is 1. The summed E-state index contributed by atoms with van der Waals surface area (Å²) in [6.45, 7) is 2.79. The molecule has 1 aromatic carbocycles. The topological polar surface area (TPSA) is 67.2 Å². The molecule has 19 heavy (non-hydrogen) atoms. The van der Waals surface area contributed by atoms with Crippen LogP contribution >= 0.6 is 0 Å². The summed E-state index contributed by atoms with van der Waals surface area (Å²) in [6.07, 6.45) is 3.58. The van der Waals surface area contributed by atoms with E-state index in [0.29, 0.717) is 13.1 Å². The number of nitrogens with zero attached hydrogens (tertiary/aromatic N) is 2. The fraction of sp³-hybridized carbons (Fsp3) is 0.231. The van der Waals surface area contributed by atoms with Crippen molar-refractivity contribution in [2.24, 2.45) is 0 Å². The molecule has 1 amide bonds. The minimum Gasteiger partial charge on any atom is -0.508 e. The van der Waals surface area contributed by atoms with E-state index in [9.17, 15) is 9.18 Å². The first-order valence-corrected chi connectivity index (χ1v) is 5.82. The van der Waals surface area contributed by atoms with Gasteiger partial charge in [0.2, 0.25) is 0 Å². The molecular weight excluding hydrogens is 249 g/mol. The van der Waals surface area contributed by atoms with Gasteiger partial charge < -0.3 is 10.4 Å². The zero-order valence-electron chi connectivity index (χ0n) is 10.4. The van der Waals surface area contributed by atoms with Crippen LogP contribution in [0.3, 0.4) is 0 Å². The summed E-state index contributed by atoms with van der Waals surface area (Å²) in [7, 11) is 0. The van der Waals surface area contributed by atoms with Crippen molar-refractivity contribution in [3.05, 3.63) is 47.5 Å². The van der Waals surface area contributed by atoms with E-state index < -0.39 is 11.7 Å². The van der Waals surface area contributed by atoms with Gasteiger partial charge in [0.15, 0.2) is 0 Å². The molecule has 0 radical (unpaired) electrons. The van der Waals surface area contributed by atoms with Gasteiger partial charge in [0, 0.05) is 18.8 Å². The van der Waals surface area contributed by atoms with Gasteiger partial charge in [-0.05, 0) is 24.6 Å². The highest BCUT2D eigenvalue weighted by Gasteiger charge is 2.11. The summed E-state index contributed by atoms with van der Waals surface area (Å²) in [5.41, 5.74) is 0.949. The molecule has 1 heterocycles. The van der Waals surface area contributed by atoms with Crippen molar-refractivity contribution >= 4 is 5.91 Å². The van der Waals surface area contributed by atoms with E-state index >= 15 is 0 Å². The standard InChI is InChI=1S/C13H14FN3O2/c1-9-7-16-17(8-9)5-4-15-13(19)11-3-2-10(18)6-12(11)14/h2-3,6-8,18H,4-5H2,1H3,(H,15,19). The minimum absolute atomic E-state index is 0.0885. The van der Waals surface area contributed by atoms with E-state index in [1.165, 1.54) is 12.1 Å². The lowest BCUT2D eigenvalue weighted by molar-refractivity contribution is 0.0948. The molecule has 100 valence electrons. The third-order valence-electron chi connectivity index (χ3n) is 2.59. The van der Waals surface area contributed by atoms with E-state index in [4.69, 9.17) is 5.11 Å². The van der Waals surface area contributed by atoms with Crippen molar-refractivity contribution in [1.29, 1.82) is 0 Å². The number of aryl methyl sites for hydroxylation is 1.